The van der Waals surface area contributed by atoms with Crippen molar-refractivity contribution in [1.82, 2.24) is 4.90 Å². The van der Waals surface area contributed by atoms with Gasteiger partial charge in [-0.15, -0.1) is 0 Å². The van der Waals surface area contributed by atoms with Gasteiger partial charge in [0.2, 0.25) is 0 Å². The smallest absolute Gasteiger partial charge is 0.261 e. The molecule has 0 spiro atoms. The van der Waals surface area contributed by atoms with Gasteiger partial charge in [0, 0.05) is 37.1 Å². The molecule has 1 N–H and O–H groups in total. The molecule has 0 radical (unpaired) electrons. The molecule has 2 saturated heterocycles. The van der Waals surface area contributed by atoms with Crippen LogP contribution in [-0.4, -0.2) is 45.5 Å². The lowest BCUT2D eigenvalue weighted by atomic mass is 10.1. The largest absolute Gasteiger partial charge is 0.369 e. The predicted molar refractivity (Wildman–Crippen MR) is 105 cm³/mol. The Hall–Kier alpha value is -2.05. The number of sulfonamides is 1. The molecule has 4 rings (SSSR count). The van der Waals surface area contributed by atoms with Crippen molar-refractivity contribution < 1.29 is 8.42 Å². The van der Waals surface area contributed by atoms with Gasteiger partial charge in [-0.05, 0) is 62.7 Å². The summed E-state index contributed by atoms with van der Waals surface area (Å²) >= 11 is 0. The minimum Gasteiger partial charge on any atom is -0.369 e. The highest BCUT2D eigenvalue weighted by molar-refractivity contribution is 7.92. The second kappa shape index (κ2) is 6.93. The number of fused-ring (bicyclic) bond motifs is 1. The van der Waals surface area contributed by atoms with Crippen molar-refractivity contribution in [1.29, 1.82) is 0 Å². The summed E-state index contributed by atoms with van der Waals surface area (Å²) in [5, 5.41) is 0. The molecule has 2 fully saturated rings. The molecule has 6 heteroatoms. The zero-order chi connectivity index (χ0) is 18.1. The first kappa shape index (κ1) is 17.4. The van der Waals surface area contributed by atoms with Gasteiger partial charge in [0.25, 0.3) is 10.0 Å². The molecule has 26 heavy (non-hydrogen) atoms. The van der Waals surface area contributed by atoms with Crippen LogP contribution in [-0.2, 0) is 10.0 Å². The SMILES string of the molecule is Cc1ccc(S(=O)(=O)Nc2ccc(N3CCN4CCCC4C3)cc2)cc1. The summed E-state index contributed by atoms with van der Waals surface area (Å²) in [7, 11) is -3.55. The molecule has 0 aromatic heterocycles. The molecule has 2 aromatic rings. The Bertz CT molecular complexity index is 863. The number of aryl methyl sites for hydroxylation is 1. The van der Waals surface area contributed by atoms with Crippen LogP contribution in [0, 0.1) is 6.92 Å². The number of hydrogen-bond acceptors (Lipinski definition) is 4. The van der Waals surface area contributed by atoms with Crippen LogP contribution < -0.4 is 9.62 Å². The number of anilines is 2. The molecule has 2 aliphatic rings. The minimum atomic E-state index is -3.55. The summed E-state index contributed by atoms with van der Waals surface area (Å²) in [6.07, 6.45) is 2.59. The Morgan fingerprint density at radius 1 is 0.962 bits per heavy atom. The van der Waals surface area contributed by atoms with E-state index in [-0.39, 0.29) is 4.90 Å². The second-order valence-electron chi connectivity index (χ2n) is 7.24. The fourth-order valence-electron chi connectivity index (χ4n) is 3.90. The van der Waals surface area contributed by atoms with Gasteiger partial charge in [-0.2, -0.15) is 0 Å². The summed E-state index contributed by atoms with van der Waals surface area (Å²) in [6.45, 7) is 6.39. The third kappa shape index (κ3) is 3.57. The van der Waals surface area contributed by atoms with Crippen molar-refractivity contribution in [2.24, 2.45) is 0 Å². The van der Waals surface area contributed by atoms with E-state index in [4.69, 9.17) is 0 Å². The molecule has 2 heterocycles. The van der Waals surface area contributed by atoms with Crippen LogP contribution in [0.3, 0.4) is 0 Å². The molecule has 1 unspecified atom stereocenters. The van der Waals surface area contributed by atoms with E-state index >= 15 is 0 Å². The number of hydrogen-bond donors (Lipinski definition) is 1. The zero-order valence-electron chi connectivity index (χ0n) is 15.1. The zero-order valence-corrected chi connectivity index (χ0v) is 15.9. The van der Waals surface area contributed by atoms with E-state index in [1.165, 1.54) is 19.4 Å². The van der Waals surface area contributed by atoms with E-state index in [0.29, 0.717) is 11.7 Å². The van der Waals surface area contributed by atoms with Gasteiger partial charge in [-0.1, -0.05) is 17.7 Å². The lowest BCUT2D eigenvalue weighted by Crippen LogP contribution is -2.50. The van der Waals surface area contributed by atoms with Crippen LogP contribution in [0.25, 0.3) is 0 Å². The fourth-order valence-corrected chi connectivity index (χ4v) is 4.96. The number of rotatable bonds is 4. The average molecular weight is 372 g/mol. The standard InChI is InChI=1S/C20H25N3O2S/c1-16-4-10-20(11-5-16)26(24,25)21-17-6-8-18(9-7-17)23-14-13-22-12-2-3-19(22)15-23/h4-11,19,21H,2-3,12-15H2,1H3. The maximum absolute atomic E-state index is 12.5. The molecule has 0 amide bonds. The third-order valence-corrected chi connectivity index (χ3v) is 6.80. The molecule has 0 bridgehead atoms. The molecule has 5 nitrogen and oxygen atoms in total. The Balaban J connectivity index is 1.45. The summed E-state index contributed by atoms with van der Waals surface area (Å²) < 4.78 is 27.7. The van der Waals surface area contributed by atoms with E-state index in [9.17, 15) is 8.42 Å². The molecule has 1 atom stereocenters. The van der Waals surface area contributed by atoms with E-state index in [1.54, 1.807) is 24.3 Å². The number of nitrogens with one attached hydrogen (secondary N) is 1. The first-order valence-electron chi connectivity index (χ1n) is 9.20. The van der Waals surface area contributed by atoms with E-state index in [0.717, 1.165) is 30.9 Å². The van der Waals surface area contributed by atoms with Gasteiger partial charge in [-0.3, -0.25) is 9.62 Å². The first-order chi connectivity index (χ1) is 12.5. The molecule has 2 aliphatic heterocycles. The normalized spacial score (nSPS) is 20.8. The number of piperazine rings is 1. The van der Waals surface area contributed by atoms with Crippen molar-refractivity contribution in [2.75, 3.05) is 35.8 Å². The molecule has 2 aromatic carbocycles. The predicted octanol–water partition coefficient (Wildman–Crippen LogP) is 3.08. The topological polar surface area (TPSA) is 52.7 Å². The average Bonchev–Trinajstić information content (AvgIpc) is 3.10. The summed E-state index contributed by atoms with van der Waals surface area (Å²) in [6, 6.07) is 15.3. The molecule has 138 valence electrons. The van der Waals surface area contributed by atoms with Crippen LogP contribution in [0.1, 0.15) is 18.4 Å². The van der Waals surface area contributed by atoms with Crippen molar-refractivity contribution in [3.63, 3.8) is 0 Å². The van der Waals surface area contributed by atoms with Crippen LogP contribution in [0.15, 0.2) is 53.4 Å². The highest BCUT2D eigenvalue weighted by Gasteiger charge is 2.30. The van der Waals surface area contributed by atoms with E-state index in [2.05, 4.69) is 14.5 Å². The second-order valence-corrected chi connectivity index (χ2v) is 8.93. The van der Waals surface area contributed by atoms with Crippen molar-refractivity contribution in [2.45, 2.75) is 30.7 Å². The minimum absolute atomic E-state index is 0.282. The van der Waals surface area contributed by atoms with Gasteiger partial charge in [0.1, 0.15) is 0 Å². The summed E-state index contributed by atoms with van der Waals surface area (Å²) in [4.78, 5) is 5.27. The number of nitrogens with zero attached hydrogens (tertiary/aromatic N) is 2. The lowest BCUT2D eigenvalue weighted by Gasteiger charge is -2.38. The Morgan fingerprint density at radius 2 is 1.69 bits per heavy atom. The highest BCUT2D eigenvalue weighted by atomic mass is 32.2. The summed E-state index contributed by atoms with van der Waals surface area (Å²) in [5.41, 5.74) is 2.79. The quantitative estimate of drug-likeness (QED) is 0.897. The Morgan fingerprint density at radius 3 is 2.42 bits per heavy atom. The maximum Gasteiger partial charge on any atom is 0.261 e. The van der Waals surface area contributed by atoms with Gasteiger partial charge in [0.05, 0.1) is 4.90 Å². The van der Waals surface area contributed by atoms with Crippen LogP contribution in [0.2, 0.25) is 0 Å². The van der Waals surface area contributed by atoms with Gasteiger partial charge in [-0.25, -0.2) is 8.42 Å². The van der Waals surface area contributed by atoms with Gasteiger partial charge in [0.15, 0.2) is 0 Å². The monoisotopic (exact) mass is 371 g/mol. The third-order valence-electron chi connectivity index (χ3n) is 5.40. The van der Waals surface area contributed by atoms with Gasteiger partial charge >= 0.3 is 0 Å². The van der Waals surface area contributed by atoms with E-state index in [1.807, 2.05) is 31.2 Å². The van der Waals surface area contributed by atoms with Crippen LogP contribution in [0.5, 0.6) is 0 Å². The molecule has 0 aliphatic carbocycles. The van der Waals surface area contributed by atoms with Crippen molar-refractivity contribution in [3.8, 4) is 0 Å². The number of benzene rings is 2. The van der Waals surface area contributed by atoms with Crippen molar-refractivity contribution >= 4 is 21.4 Å². The van der Waals surface area contributed by atoms with Gasteiger partial charge < -0.3 is 4.90 Å². The van der Waals surface area contributed by atoms with Crippen LogP contribution >= 0.6 is 0 Å². The Kier molecular flexibility index (Phi) is 4.63. The summed E-state index contributed by atoms with van der Waals surface area (Å²) in [5.74, 6) is 0. The van der Waals surface area contributed by atoms with Crippen LogP contribution in [0.4, 0.5) is 11.4 Å². The molecular formula is C20H25N3O2S. The van der Waals surface area contributed by atoms with E-state index < -0.39 is 10.0 Å². The Labute approximate surface area is 155 Å². The maximum atomic E-state index is 12.5. The first-order valence-corrected chi connectivity index (χ1v) is 10.7. The molecule has 0 saturated carbocycles. The fraction of sp³-hybridized carbons (Fsp3) is 0.400. The lowest BCUT2D eigenvalue weighted by molar-refractivity contribution is 0.231. The highest BCUT2D eigenvalue weighted by Crippen LogP contribution is 2.27. The molecular weight excluding hydrogens is 346 g/mol. The van der Waals surface area contributed by atoms with Crippen molar-refractivity contribution in [3.05, 3.63) is 54.1 Å².